The van der Waals surface area contributed by atoms with E-state index in [4.69, 9.17) is 15.6 Å². The Kier molecular flexibility index (Phi) is 3.36. The van der Waals surface area contributed by atoms with E-state index in [-0.39, 0.29) is 5.82 Å². The lowest BCUT2D eigenvalue weighted by atomic mass is 10.1. The van der Waals surface area contributed by atoms with E-state index >= 15 is 0 Å². The van der Waals surface area contributed by atoms with Gasteiger partial charge in [0.05, 0.1) is 12.0 Å². The van der Waals surface area contributed by atoms with E-state index in [0.717, 1.165) is 0 Å². The van der Waals surface area contributed by atoms with Crippen LogP contribution in [0.1, 0.15) is 6.23 Å². The first-order valence-corrected chi connectivity index (χ1v) is 6.69. The summed E-state index contributed by atoms with van der Waals surface area (Å²) in [4.78, 5) is 7.96. The summed E-state index contributed by atoms with van der Waals surface area (Å²) in [6.45, 7) is -0.508. The molecule has 0 amide bonds. The molecule has 20 heavy (non-hydrogen) atoms. The number of nitrogens with zero attached hydrogens (tertiary/aromatic N) is 3. The molecular formula is C11H12BrFN4O3. The Morgan fingerprint density at radius 1 is 1.50 bits per heavy atom. The zero-order chi connectivity index (χ0) is 14.4. The third kappa shape index (κ3) is 1.89. The zero-order valence-electron chi connectivity index (χ0n) is 10.1. The number of aliphatic hydroxyl groups excluding tert-OH is 2. The van der Waals surface area contributed by atoms with Crippen LogP contribution in [-0.2, 0) is 4.74 Å². The number of nitrogen functional groups attached to an aromatic ring is 1. The molecule has 1 aliphatic rings. The fourth-order valence-electron chi connectivity index (χ4n) is 2.34. The zero-order valence-corrected chi connectivity index (χ0v) is 11.7. The van der Waals surface area contributed by atoms with Gasteiger partial charge in [-0.3, -0.25) is 0 Å². The summed E-state index contributed by atoms with van der Waals surface area (Å²) in [6.07, 6.45) is -2.24. The normalized spacial score (nSPS) is 30.2. The van der Waals surface area contributed by atoms with Crippen molar-refractivity contribution in [3.8, 4) is 0 Å². The van der Waals surface area contributed by atoms with Gasteiger partial charge in [0.2, 0.25) is 0 Å². The number of halogens is 2. The monoisotopic (exact) mass is 346 g/mol. The lowest BCUT2D eigenvalue weighted by Gasteiger charge is -2.16. The van der Waals surface area contributed by atoms with Gasteiger partial charge in [-0.05, 0) is 15.9 Å². The van der Waals surface area contributed by atoms with Gasteiger partial charge < -0.3 is 25.3 Å². The average Bonchev–Trinajstić information content (AvgIpc) is 2.90. The molecule has 1 saturated heterocycles. The molecule has 4 N–H and O–H groups in total. The van der Waals surface area contributed by atoms with Gasteiger partial charge in [0.1, 0.15) is 30.0 Å². The van der Waals surface area contributed by atoms with E-state index < -0.39 is 31.2 Å². The molecule has 7 nitrogen and oxygen atoms in total. The van der Waals surface area contributed by atoms with Crippen LogP contribution in [-0.4, -0.2) is 49.7 Å². The van der Waals surface area contributed by atoms with Crippen LogP contribution in [0.5, 0.6) is 0 Å². The molecule has 1 fully saturated rings. The molecule has 4 atom stereocenters. The Balaban J connectivity index is 2.10. The van der Waals surface area contributed by atoms with Crippen LogP contribution >= 0.6 is 15.9 Å². The van der Waals surface area contributed by atoms with E-state index in [1.54, 1.807) is 6.20 Å². The highest BCUT2D eigenvalue weighted by atomic mass is 79.9. The summed E-state index contributed by atoms with van der Waals surface area (Å²) in [5, 5.41) is 19.5. The number of rotatable bonds is 2. The highest BCUT2D eigenvalue weighted by molar-refractivity contribution is 9.10. The van der Waals surface area contributed by atoms with Crippen molar-refractivity contribution in [2.45, 2.75) is 24.6 Å². The maximum Gasteiger partial charge on any atom is 0.164 e. The van der Waals surface area contributed by atoms with Crippen molar-refractivity contribution < 1.29 is 19.3 Å². The molecule has 3 heterocycles. The first-order valence-electron chi connectivity index (χ1n) is 5.89. The molecule has 0 bridgehead atoms. The minimum Gasteiger partial charge on any atom is -0.394 e. The fraction of sp³-hybridized carbons (Fsp3) is 0.455. The molecule has 108 valence electrons. The SMILES string of the molecule is Nc1ncnc2c1c(Br)cn2[C@@H]1O[C@H](CO)[C@H](F)[C@H]1O. The van der Waals surface area contributed by atoms with Crippen LogP contribution in [0.2, 0.25) is 0 Å². The molecule has 0 radical (unpaired) electrons. The fourth-order valence-corrected chi connectivity index (χ4v) is 2.94. The first-order chi connectivity index (χ1) is 9.54. The number of hydrogen-bond donors (Lipinski definition) is 3. The predicted octanol–water partition coefficient (Wildman–Crippen LogP) is 0.365. The van der Waals surface area contributed by atoms with E-state index in [9.17, 15) is 9.50 Å². The molecule has 0 aromatic carbocycles. The van der Waals surface area contributed by atoms with Gasteiger partial charge in [0.25, 0.3) is 0 Å². The summed E-state index contributed by atoms with van der Waals surface area (Å²) >= 11 is 3.32. The van der Waals surface area contributed by atoms with E-state index in [2.05, 4.69) is 25.9 Å². The Labute approximate surface area is 121 Å². The van der Waals surface area contributed by atoms with Crippen molar-refractivity contribution in [1.82, 2.24) is 14.5 Å². The summed E-state index contributed by atoms with van der Waals surface area (Å²) in [6, 6.07) is 0. The second-order valence-corrected chi connectivity index (χ2v) is 5.38. The summed E-state index contributed by atoms with van der Waals surface area (Å²) < 4.78 is 21.2. The first kappa shape index (κ1) is 13.7. The molecule has 2 aromatic heterocycles. The quantitative estimate of drug-likeness (QED) is 0.725. The predicted molar refractivity (Wildman–Crippen MR) is 71.5 cm³/mol. The van der Waals surface area contributed by atoms with Crippen LogP contribution < -0.4 is 5.73 Å². The molecule has 2 aromatic rings. The molecular weight excluding hydrogens is 335 g/mol. The van der Waals surface area contributed by atoms with Crippen molar-refractivity contribution in [2.75, 3.05) is 12.3 Å². The Hall–Kier alpha value is -1.29. The number of fused-ring (bicyclic) bond motifs is 1. The van der Waals surface area contributed by atoms with Crippen molar-refractivity contribution in [1.29, 1.82) is 0 Å². The summed E-state index contributed by atoms with van der Waals surface area (Å²) in [5.41, 5.74) is 6.19. The number of aromatic nitrogens is 3. The minimum absolute atomic E-state index is 0.267. The number of hydrogen-bond acceptors (Lipinski definition) is 6. The van der Waals surface area contributed by atoms with Crippen LogP contribution in [0.25, 0.3) is 11.0 Å². The summed E-state index contributed by atoms with van der Waals surface area (Å²) in [7, 11) is 0. The van der Waals surface area contributed by atoms with E-state index in [1.165, 1.54) is 10.9 Å². The van der Waals surface area contributed by atoms with Gasteiger partial charge >= 0.3 is 0 Å². The molecule has 1 aliphatic heterocycles. The highest BCUT2D eigenvalue weighted by Crippen LogP contribution is 2.37. The molecule has 0 spiro atoms. The maximum absolute atomic E-state index is 13.8. The largest absolute Gasteiger partial charge is 0.394 e. The average molecular weight is 347 g/mol. The van der Waals surface area contributed by atoms with Crippen LogP contribution in [0, 0.1) is 0 Å². The molecule has 9 heteroatoms. The number of anilines is 1. The van der Waals surface area contributed by atoms with Crippen LogP contribution in [0.15, 0.2) is 17.0 Å². The summed E-state index contributed by atoms with van der Waals surface area (Å²) in [5.74, 6) is 0.267. The lowest BCUT2D eigenvalue weighted by molar-refractivity contribution is -0.0493. The van der Waals surface area contributed by atoms with Gasteiger partial charge in [-0.1, -0.05) is 0 Å². The van der Waals surface area contributed by atoms with Gasteiger partial charge in [-0.2, -0.15) is 0 Å². The Morgan fingerprint density at radius 2 is 2.25 bits per heavy atom. The molecule has 0 unspecified atom stereocenters. The number of nitrogens with two attached hydrogens (primary N) is 1. The molecule has 0 aliphatic carbocycles. The van der Waals surface area contributed by atoms with Gasteiger partial charge in [0, 0.05) is 10.7 Å². The lowest BCUT2D eigenvalue weighted by Crippen LogP contribution is -2.29. The van der Waals surface area contributed by atoms with Gasteiger partial charge in [-0.15, -0.1) is 0 Å². The van der Waals surface area contributed by atoms with Crippen molar-refractivity contribution >= 4 is 32.8 Å². The number of aliphatic hydroxyl groups is 2. The Morgan fingerprint density at radius 3 is 2.90 bits per heavy atom. The highest BCUT2D eigenvalue weighted by Gasteiger charge is 2.45. The van der Waals surface area contributed by atoms with E-state index in [1.807, 2.05) is 0 Å². The van der Waals surface area contributed by atoms with E-state index in [0.29, 0.717) is 15.5 Å². The maximum atomic E-state index is 13.8. The third-order valence-electron chi connectivity index (χ3n) is 3.33. The van der Waals surface area contributed by atoms with Gasteiger partial charge in [-0.25, -0.2) is 14.4 Å². The standard InChI is InChI=1S/C11H12BrFN4O3/c12-4-1-17(10-6(4)9(14)15-3-16-10)11-8(19)7(13)5(2-18)20-11/h1,3,5,7-8,11,18-19H,2H2,(H2,14,15,16)/t5-,7+,8-,11-/m1/s1. The molecule has 3 rings (SSSR count). The Bertz CT molecular complexity index is 652. The van der Waals surface area contributed by atoms with Crippen molar-refractivity contribution in [3.63, 3.8) is 0 Å². The van der Waals surface area contributed by atoms with Gasteiger partial charge in [0.15, 0.2) is 12.4 Å². The van der Waals surface area contributed by atoms with Crippen molar-refractivity contribution in [2.24, 2.45) is 0 Å². The smallest absolute Gasteiger partial charge is 0.164 e. The minimum atomic E-state index is -1.67. The third-order valence-corrected chi connectivity index (χ3v) is 3.94. The number of ether oxygens (including phenoxy) is 1. The van der Waals surface area contributed by atoms with Crippen molar-refractivity contribution in [3.05, 3.63) is 17.0 Å². The second-order valence-electron chi connectivity index (χ2n) is 4.52. The molecule has 0 saturated carbocycles. The topological polar surface area (TPSA) is 106 Å². The second kappa shape index (κ2) is 4.92. The van der Waals surface area contributed by atoms with Crippen LogP contribution in [0.4, 0.5) is 10.2 Å². The number of alkyl halides is 1. The van der Waals surface area contributed by atoms with Crippen LogP contribution in [0.3, 0.4) is 0 Å².